The first-order valence-corrected chi connectivity index (χ1v) is 7.04. The molecule has 1 atom stereocenters. The number of fused-ring (bicyclic) bond motifs is 1. The number of benzene rings is 2. The Morgan fingerprint density at radius 1 is 1.19 bits per heavy atom. The highest BCUT2D eigenvalue weighted by Crippen LogP contribution is 2.26. The van der Waals surface area contributed by atoms with Crippen molar-refractivity contribution in [2.75, 3.05) is 7.11 Å². The average molecular weight is 302 g/mol. The third-order valence-electron chi connectivity index (χ3n) is 3.66. The number of halogens is 1. The standard InChI is InChI=1S/C16H15FN2OS/c1-10(11-3-6-13(20-2)7-4-11)19-15-8-5-12(17)9-14(15)18-16(19)21/h3-10H,1-2H3,(H,18,21). The number of H-pyrrole nitrogens is 1. The first-order chi connectivity index (χ1) is 10.1. The molecule has 0 spiro atoms. The van der Waals surface area contributed by atoms with Crippen LogP contribution in [0.2, 0.25) is 0 Å². The SMILES string of the molecule is COc1ccc(C(C)n2c(=S)[nH]c3cc(F)ccc32)cc1. The maximum Gasteiger partial charge on any atom is 0.178 e. The van der Waals surface area contributed by atoms with E-state index < -0.39 is 0 Å². The van der Waals surface area contributed by atoms with Crippen molar-refractivity contribution in [3.63, 3.8) is 0 Å². The number of aromatic amines is 1. The molecule has 1 aromatic heterocycles. The second-order valence-electron chi connectivity index (χ2n) is 4.91. The fourth-order valence-electron chi connectivity index (χ4n) is 2.52. The molecule has 0 saturated carbocycles. The maximum atomic E-state index is 13.3. The van der Waals surface area contributed by atoms with Crippen molar-refractivity contribution < 1.29 is 9.13 Å². The Labute approximate surface area is 127 Å². The molecule has 0 radical (unpaired) electrons. The Morgan fingerprint density at radius 3 is 2.57 bits per heavy atom. The Bertz CT molecular complexity index is 836. The summed E-state index contributed by atoms with van der Waals surface area (Å²) in [5.74, 6) is 0.540. The molecule has 3 nitrogen and oxygen atoms in total. The molecule has 1 N–H and O–H groups in total. The molecule has 0 aliphatic rings. The van der Waals surface area contributed by atoms with Gasteiger partial charge in [0.25, 0.3) is 0 Å². The van der Waals surface area contributed by atoms with Crippen LogP contribution in [-0.2, 0) is 0 Å². The molecule has 1 unspecified atom stereocenters. The predicted molar refractivity (Wildman–Crippen MR) is 83.9 cm³/mol. The summed E-state index contributed by atoms with van der Waals surface area (Å²) in [6.07, 6.45) is 0. The van der Waals surface area contributed by atoms with Gasteiger partial charge in [-0.2, -0.15) is 0 Å². The number of nitrogens with one attached hydrogen (secondary N) is 1. The van der Waals surface area contributed by atoms with E-state index in [4.69, 9.17) is 17.0 Å². The van der Waals surface area contributed by atoms with Crippen LogP contribution in [0.3, 0.4) is 0 Å². The Morgan fingerprint density at radius 2 is 1.90 bits per heavy atom. The highest BCUT2D eigenvalue weighted by Gasteiger charge is 2.13. The van der Waals surface area contributed by atoms with E-state index in [2.05, 4.69) is 11.9 Å². The van der Waals surface area contributed by atoms with Gasteiger partial charge in [0.15, 0.2) is 4.77 Å². The molecule has 21 heavy (non-hydrogen) atoms. The van der Waals surface area contributed by atoms with E-state index in [1.807, 2.05) is 28.8 Å². The molecule has 108 valence electrons. The third kappa shape index (κ3) is 2.45. The average Bonchev–Trinajstić information content (AvgIpc) is 2.81. The number of nitrogens with zero attached hydrogens (tertiary/aromatic N) is 1. The van der Waals surface area contributed by atoms with Crippen molar-refractivity contribution in [2.24, 2.45) is 0 Å². The fraction of sp³-hybridized carbons (Fsp3) is 0.188. The molecule has 3 aromatic rings. The zero-order valence-corrected chi connectivity index (χ0v) is 12.6. The van der Waals surface area contributed by atoms with Crippen LogP contribution >= 0.6 is 12.2 Å². The molecule has 3 rings (SSSR count). The van der Waals surface area contributed by atoms with E-state index in [1.165, 1.54) is 12.1 Å². The van der Waals surface area contributed by atoms with Crippen LogP contribution in [0.5, 0.6) is 5.75 Å². The normalized spacial score (nSPS) is 12.5. The molecule has 0 aliphatic carbocycles. The zero-order valence-electron chi connectivity index (χ0n) is 11.8. The van der Waals surface area contributed by atoms with E-state index in [0.29, 0.717) is 10.3 Å². The maximum absolute atomic E-state index is 13.3. The number of hydrogen-bond acceptors (Lipinski definition) is 2. The van der Waals surface area contributed by atoms with Crippen molar-refractivity contribution in [3.8, 4) is 5.75 Å². The number of hydrogen-bond donors (Lipinski definition) is 1. The van der Waals surface area contributed by atoms with Gasteiger partial charge in [0, 0.05) is 0 Å². The van der Waals surface area contributed by atoms with Crippen molar-refractivity contribution >= 4 is 23.3 Å². The van der Waals surface area contributed by atoms with Gasteiger partial charge < -0.3 is 14.3 Å². The van der Waals surface area contributed by atoms with Crippen molar-refractivity contribution in [3.05, 3.63) is 58.6 Å². The minimum absolute atomic E-state index is 0.0441. The van der Waals surface area contributed by atoms with Crippen LogP contribution in [0.15, 0.2) is 42.5 Å². The van der Waals surface area contributed by atoms with E-state index in [9.17, 15) is 4.39 Å². The van der Waals surface area contributed by atoms with Gasteiger partial charge in [0.1, 0.15) is 11.6 Å². The predicted octanol–water partition coefficient (Wildman–Crippen LogP) is 4.46. The number of imidazole rings is 1. The summed E-state index contributed by atoms with van der Waals surface area (Å²) in [5, 5.41) is 0. The smallest absolute Gasteiger partial charge is 0.178 e. The van der Waals surface area contributed by atoms with Crippen molar-refractivity contribution in [2.45, 2.75) is 13.0 Å². The van der Waals surface area contributed by atoms with Crippen LogP contribution in [0.25, 0.3) is 11.0 Å². The second-order valence-corrected chi connectivity index (χ2v) is 5.30. The van der Waals surface area contributed by atoms with Crippen LogP contribution in [0.1, 0.15) is 18.5 Å². The lowest BCUT2D eigenvalue weighted by molar-refractivity contribution is 0.414. The molecule has 0 fully saturated rings. The highest BCUT2D eigenvalue weighted by molar-refractivity contribution is 7.71. The minimum atomic E-state index is -0.275. The molecule has 0 aliphatic heterocycles. The summed E-state index contributed by atoms with van der Waals surface area (Å²) >= 11 is 5.38. The van der Waals surface area contributed by atoms with E-state index >= 15 is 0 Å². The third-order valence-corrected chi connectivity index (χ3v) is 3.96. The Kier molecular flexibility index (Phi) is 3.51. The molecule has 0 saturated heterocycles. The highest BCUT2D eigenvalue weighted by atomic mass is 32.1. The van der Waals surface area contributed by atoms with Crippen LogP contribution in [-0.4, -0.2) is 16.7 Å². The van der Waals surface area contributed by atoms with Gasteiger partial charge in [0.2, 0.25) is 0 Å². The van der Waals surface area contributed by atoms with Crippen LogP contribution in [0.4, 0.5) is 4.39 Å². The Balaban J connectivity index is 2.10. The lowest BCUT2D eigenvalue weighted by atomic mass is 10.1. The molecular formula is C16H15FN2OS. The first kappa shape index (κ1) is 13.8. The van der Waals surface area contributed by atoms with E-state index in [0.717, 1.165) is 16.8 Å². The largest absolute Gasteiger partial charge is 0.497 e. The van der Waals surface area contributed by atoms with Gasteiger partial charge in [0.05, 0.1) is 24.2 Å². The van der Waals surface area contributed by atoms with Crippen LogP contribution in [0, 0.1) is 10.6 Å². The van der Waals surface area contributed by atoms with Gasteiger partial charge in [-0.3, -0.25) is 0 Å². The summed E-state index contributed by atoms with van der Waals surface area (Å²) < 4.78 is 21.1. The number of rotatable bonds is 3. The number of ether oxygens (including phenoxy) is 1. The quantitative estimate of drug-likeness (QED) is 0.724. The summed E-state index contributed by atoms with van der Waals surface area (Å²) in [4.78, 5) is 3.05. The van der Waals surface area contributed by atoms with Crippen molar-refractivity contribution in [1.29, 1.82) is 0 Å². The molecule has 5 heteroatoms. The van der Waals surface area contributed by atoms with Gasteiger partial charge >= 0.3 is 0 Å². The second kappa shape index (κ2) is 5.33. The number of methoxy groups -OCH3 is 1. The van der Waals surface area contributed by atoms with Crippen molar-refractivity contribution in [1.82, 2.24) is 9.55 Å². The Hall–Kier alpha value is -2.14. The van der Waals surface area contributed by atoms with Gasteiger partial charge in [-0.05, 0) is 55.0 Å². The van der Waals surface area contributed by atoms with Crippen LogP contribution < -0.4 is 4.74 Å². The summed E-state index contributed by atoms with van der Waals surface area (Å²) in [5.41, 5.74) is 2.71. The zero-order chi connectivity index (χ0) is 15.0. The molecular weight excluding hydrogens is 287 g/mol. The van der Waals surface area contributed by atoms with Gasteiger partial charge in [-0.15, -0.1) is 0 Å². The molecule has 2 aromatic carbocycles. The van der Waals surface area contributed by atoms with Gasteiger partial charge in [-0.1, -0.05) is 12.1 Å². The lowest BCUT2D eigenvalue weighted by Gasteiger charge is -2.15. The van der Waals surface area contributed by atoms with Gasteiger partial charge in [-0.25, -0.2) is 4.39 Å². The first-order valence-electron chi connectivity index (χ1n) is 6.64. The molecule has 1 heterocycles. The fourth-order valence-corrected chi connectivity index (χ4v) is 2.89. The molecule has 0 bridgehead atoms. The summed E-state index contributed by atoms with van der Waals surface area (Å²) in [7, 11) is 1.64. The minimum Gasteiger partial charge on any atom is -0.497 e. The van der Waals surface area contributed by atoms with E-state index in [1.54, 1.807) is 13.2 Å². The summed E-state index contributed by atoms with van der Waals surface area (Å²) in [6, 6.07) is 12.6. The summed E-state index contributed by atoms with van der Waals surface area (Å²) in [6.45, 7) is 2.06. The lowest BCUT2D eigenvalue weighted by Crippen LogP contribution is -2.06. The molecule has 0 amide bonds. The van der Waals surface area contributed by atoms with E-state index in [-0.39, 0.29) is 11.9 Å². The topological polar surface area (TPSA) is 29.9 Å². The number of aromatic nitrogens is 2. The monoisotopic (exact) mass is 302 g/mol.